The summed E-state index contributed by atoms with van der Waals surface area (Å²) >= 11 is 1.37. The number of hydrogen-bond donors (Lipinski definition) is 1. The predicted molar refractivity (Wildman–Crippen MR) is 72.0 cm³/mol. The molecule has 94 valence electrons. The van der Waals surface area contributed by atoms with Crippen LogP contribution in [0.2, 0.25) is 0 Å². The van der Waals surface area contributed by atoms with Crippen LogP contribution in [0.1, 0.15) is 22.3 Å². The van der Waals surface area contributed by atoms with E-state index in [0.29, 0.717) is 11.4 Å². The number of likely N-dealkylation sites (N-methyl/N-ethyl adjacent to an activating group) is 1. The van der Waals surface area contributed by atoms with E-state index in [2.05, 4.69) is 4.98 Å². The summed E-state index contributed by atoms with van der Waals surface area (Å²) in [6.45, 7) is 4.24. The molecule has 0 aromatic carbocycles. The highest BCUT2D eigenvalue weighted by molar-refractivity contribution is 7.11. The van der Waals surface area contributed by atoms with Gasteiger partial charge >= 0.3 is 0 Å². The molecule has 0 radical (unpaired) electrons. The molecule has 0 bridgehead atoms. The molecule has 0 aliphatic heterocycles. The topological polar surface area (TPSA) is 59.2 Å². The Morgan fingerprint density at radius 1 is 1.62 bits per heavy atom. The molecule has 1 amide bonds. The van der Waals surface area contributed by atoms with Gasteiger partial charge in [-0.25, -0.2) is 4.98 Å². The fourth-order valence-corrected chi connectivity index (χ4v) is 1.81. The summed E-state index contributed by atoms with van der Waals surface area (Å²) in [6, 6.07) is 0.0593. The summed E-state index contributed by atoms with van der Waals surface area (Å²) in [7, 11) is 1.76. The van der Waals surface area contributed by atoms with Gasteiger partial charge in [-0.15, -0.1) is 36.2 Å². The van der Waals surface area contributed by atoms with E-state index in [-0.39, 0.29) is 36.8 Å². The highest BCUT2D eigenvalue weighted by Crippen LogP contribution is 2.15. The third-order valence-electron chi connectivity index (χ3n) is 2.26. The lowest BCUT2D eigenvalue weighted by molar-refractivity contribution is 0.0752. The molecular formula is C9H17Cl2N3OS. The van der Waals surface area contributed by atoms with Crippen LogP contribution < -0.4 is 5.73 Å². The number of carbonyl (C=O) groups excluding carboxylic acids is 1. The van der Waals surface area contributed by atoms with Gasteiger partial charge in [-0.2, -0.15) is 0 Å². The number of amides is 1. The van der Waals surface area contributed by atoms with Crippen molar-refractivity contribution in [3.63, 3.8) is 0 Å². The minimum absolute atomic E-state index is 0. The quantitative estimate of drug-likeness (QED) is 0.920. The molecule has 1 atom stereocenters. The SMILES string of the molecule is Cc1ncsc1C(=O)N(C)C(C)CN.Cl.Cl. The zero-order chi connectivity index (χ0) is 10.7. The maximum absolute atomic E-state index is 11.9. The molecule has 0 fully saturated rings. The summed E-state index contributed by atoms with van der Waals surface area (Å²) in [5.41, 5.74) is 7.97. The van der Waals surface area contributed by atoms with Crippen LogP contribution in [-0.2, 0) is 0 Å². The molecule has 2 N–H and O–H groups in total. The molecule has 0 spiro atoms. The molecule has 1 heterocycles. The van der Waals surface area contributed by atoms with Gasteiger partial charge in [-0.1, -0.05) is 0 Å². The average Bonchev–Trinajstić information content (AvgIpc) is 2.61. The van der Waals surface area contributed by atoms with Crippen LogP contribution in [-0.4, -0.2) is 35.4 Å². The maximum Gasteiger partial charge on any atom is 0.265 e. The summed E-state index contributed by atoms with van der Waals surface area (Å²) in [4.78, 5) is 18.3. The first-order valence-corrected chi connectivity index (χ1v) is 5.33. The number of nitrogens with zero attached hydrogens (tertiary/aromatic N) is 2. The van der Waals surface area contributed by atoms with Crippen molar-refractivity contribution in [2.75, 3.05) is 13.6 Å². The largest absolute Gasteiger partial charge is 0.337 e. The second kappa shape index (κ2) is 7.84. The van der Waals surface area contributed by atoms with Crippen LogP contribution >= 0.6 is 36.2 Å². The fraction of sp³-hybridized carbons (Fsp3) is 0.556. The second-order valence-electron chi connectivity index (χ2n) is 3.27. The van der Waals surface area contributed by atoms with E-state index in [0.717, 1.165) is 5.69 Å². The number of rotatable bonds is 3. The van der Waals surface area contributed by atoms with Crippen molar-refractivity contribution in [3.05, 3.63) is 16.1 Å². The lowest BCUT2D eigenvalue weighted by Gasteiger charge is -2.22. The van der Waals surface area contributed by atoms with Crippen LogP contribution in [0.3, 0.4) is 0 Å². The molecule has 1 rings (SSSR count). The summed E-state index contributed by atoms with van der Waals surface area (Å²) in [6.07, 6.45) is 0. The zero-order valence-electron chi connectivity index (χ0n) is 9.47. The van der Waals surface area contributed by atoms with Crippen LogP contribution in [0.5, 0.6) is 0 Å². The van der Waals surface area contributed by atoms with E-state index in [1.165, 1.54) is 11.3 Å². The third kappa shape index (κ3) is 3.90. The van der Waals surface area contributed by atoms with E-state index < -0.39 is 0 Å². The number of nitrogens with two attached hydrogens (primary N) is 1. The van der Waals surface area contributed by atoms with Gasteiger partial charge in [-0.3, -0.25) is 4.79 Å². The Hall–Kier alpha value is -0.360. The maximum atomic E-state index is 11.9. The molecule has 16 heavy (non-hydrogen) atoms. The van der Waals surface area contributed by atoms with Crippen molar-refractivity contribution in [2.24, 2.45) is 5.73 Å². The molecule has 0 saturated heterocycles. The van der Waals surface area contributed by atoms with E-state index in [1.54, 1.807) is 17.5 Å². The third-order valence-corrected chi connectivity index (χ3v) is 3.18. The van der Waals surface area contributed by atoms with Crippen molar-refractivity contribution in [1.82, 2.24) is 9.88 Å². The molecule has 1 aromatic rings. The van der Waals surface area contributed by atoms with Crippen molar-refractivity contribution < 1.29 is 4.79 Å². The molecule has 4 nitrogen and oxygen atoms in total. The molecule has 1 unspecified atom stereocenters. The molecule has 0 aliphatic carbocycles. The normalized spacial score (nSPS) is 11.0. The molecule has 0 saturated carbocycles. The van der Waals surface area contributed by atoms with Crippen LogP contribution in [0.25, 0.3) is 0 Å². The van der Waals surface area contributed by atoms with Crippen molar-refractivity contribution >= 4 is 42.1 Å². The van der Waals surface area contributed by atoms with E-state index in [9.17, 15) is 4.79 Å². The first kappa shape index (κ1) is 18.0. The lowest BCUT2D eigenvalue weighted by Crippen LogP contribution is -2.39. The van der Waals surface area contributed by atoms with Gasteiger partial charge in [0.15, 0.2) is 0 Å². The molecule has 7 heteroatoms. The Bertz CT molecular complexity index is 332. The first-order valence-electron chi connectivity index (χ1n) is 4.45. The predicted octanol–water partition coefficient (Wildman–Crippen LogP) is 1.71. The average molecular weight is 286 g/mol. The van der Waals surface area contributed by atoms with Crippen LogP contribution in [0, 0.1) is 6.92 Å². The zero-order valence-corrected chi connectivity index (χ0v) is 11.9. The number of aromatic nitrogens is 1. The highest BCUT2D eigenvalue weighted by Gasteiger charge is 2.19. The smallest absolute Gasteiger partial charge is 0.265 e. The lowest BCUT2D eigenvalue weighted by atomic mass is 10.2. The number of thiazole rings is 1. The highest BCUT2D eigenvalue weighted by atomic mass is 35.5. The Morgan fingerprint density at radius 3 is 2.56 bits per heavy atom. The Balaban J connectivity index is 0. The number of halogens is 2. The Kier molecular flexibility index (Phi) is 8.83. The van der Waals surface area contributed by atoms with E-state index in [1.807, 2.05) is 13.8 Å². The van der Waals surface area contributed by atoms with E-state index >= 15 is 0 Å². The van der Waals surface area contributed by atoms with Gasteiger partial charge in [-0.05, 0) is 13.8 Å². The molecule has 0 aliphatic rings. The summed E-state index contributed by atoms with van der Waals surface area (Å²) in [5.74, 6) is 0.00273. The summed E-state index contributed by atoms with van der Waals surface area (Å²) < 4.78 is 0. The van der Waals surface area contributed by atoms with Crippen LogP contribution in [0.4, 0.5) is 0 Å². The first-order chi connectivity index (χ1) is 6.57. The minimum Gasteiger partial charge on any atom is -0.337 e. The van der Waals surface area contributed by atoms with Gasteiger partial charge in [0.2, 0.25) is 0 Å². The van der Waals surface area contributed by atoms with Crippen molar-refractivity contribution in [3.8, 4) is 0 Å². The van der Waals surface area contributed by atoms with Crippen molar-refractivity contribution in [2.45, 2.75) is 19.9 Å². The Labute approximate surface area is 112 Å². The number of aryl methyl sites for hydroxylation is 1. The monoisotopic (exact) mass is 285 g/mol. The number of hydrogen-bond acceptors (Lipinski definition) is 4. The van der Waals surface area contributed by atoms with E-state index in [4.69, 9.17) is 5.73 Å². The Morgan fingerprint density at radius 2 is 2.19 bits per heavy atom. The van der Waals surface area contributed by atoms with Crippen molar-refractivity contribution in [1.29, 1.82) is 0 Å². The fourth-order valence-electron chi connectivity index (χ4n) is 1.03. The second-order valence-corrected chi connectivity index (χ2v) is 4.12. The summed E-state index contributed by atoms with van der Waals surface area (Å²) in [5, 5.41) is 0. The van der Waals surface area contributed by atoms with Crippen LogP contribution in [0.15, 0.2) is 5.51 Å². The molecular weight excluding hydrogens is 269 g/mol. The van der Waals surface area contributed by atoms with Gasteiger partial charge in [0.1, 0.15) is 4.88 Å². The standard InChI is InChI=1S/C9H15N3OS.2ClH/c1-6(4-10)12(3)9(13)8-7(2)11-5-14-8;;/h5-6H,4,10H2,1-3H3;2*1H. The van der Waals surface area contributed by atoms with Gasteiger partial charge in [0.25, 0.3) is 5.91 Å². The van der Waals surface area contributed by atoms with Gasteiger partial charge in [0.05, 0.1) is 11.2 Å². The number of carbonyl (C=O) groups is 1. The minimum atomic E-state index is 0. The molecule has 1 aromatic heterocycles. The van der Waals surface area contributed by atoms with Gasteiger partial charge < -0.3 is 10.6 Å². The van der Waals surface area contributed by atoms with Gasteiger partial charge in [0, 0.05) is 19.6 Å².